The van der Waals surface area contributed by atoms with Crippen LogP contribution < -0.4 is 5.32 Å². The first kappa shape index (κ1) is 13.5. The number of hydrogen-bond donors (Lipinski definition) is 1. The van der Waals surface area contributed by atoms with Crippen molar-refractivity contribution < 1.29 is 4.79 Å². The molecular formula is C15H11BrN4O. The monoisotopic (exact) mass is 342 g/mol. The number of carbonyl (C=O) groups excluding carboxylic acids is 1. The second-order valence-corrected chi connectivity index (χ2v) is 5.09. The summed E-state index contributed by atoms with van der Waals surface area (Å²) in [5.74, 6) is 0.536. The van der Waals surface area contributed by atoms with Gasteiger partial charge in [-0.05, 0) is 39.7 Å². The van der Waals surface area contributed by atoms with E-state index in [2.05, 4.69) is 31.3 Å². The number of fused-ring (bicyclic) bond motifs is 1. The van der Waals surface area contributed by atoms with Gasteiger partial charge in [0.2, 0.25) is 6.41 Å². The third-order valence-electron chi connectivity index (χ3n) is 2.90. The summed E-state index contributed by atoms with van der Waals surface area (Å²) in [6.45, 7) is 0. The minimum absolute atomic E-state index is 0.536. The van der Waals surface area contributed by atoms with E-state index < -0.39 is 0 Å². The predicted molar refractivity (Wildman–Crippen MR) is 85.7 cm³/mol. The van der Waals surface area contributed by atoms with Gasteiger partial charge in [0, 0.05) is 0 Å². The fourth-order valence-corrected chi connectivity index (χ4v) is 2.27. The van der Waals surface area contributed by atoms with E-state index in [1.807, 2.05) is 48.6 Å². The maximum atomic E-state index is 10.8. The molecule has 0 fully saturated rings. The highest BCUT2D eigenvalue weighted by Crippen LogP contribution is 2.20. The lowest BCUT2D eigenvalue weighted by Gasteiger charge is -1.99. The maximum Gasteiger partial charge on any atom is 0.212 e. The number of nitrogens with zero attached hydrogens (tertiary/aromatic N) is 3. The molecule has 0 bridgehead atoms. The molecule has 0 saturated heterocycles. The highest BCUT2D eigenvalue weighted by Gasteiger charge is 2.10. The minimum atomic E-state index is 0.536. The SMILES string of the molecule is O=CNc1c(C=Cc2ccccc2)nc2ccc(Br)nn12. The zero-order valence-electron chi connectivity index (χ0n) is 10.9. The molecule has 2 aromatic heterocycles. The molecule has 0 atom stereocenters. The molecule has 5 nitrogen and oxygen atoms in total. The first-order valence-electron chi connectivity index (χ1n) is 6.26. The highest BCUT2D eigenvalue weighted by molar-refractivity contribution is 9.10. The smallest absolute Gasteiger partial charge is 0.212 e. The second kappa shape index (κ2) is 5.88. The Balaban J connectivity index is 2.07. The minimum Gasteiger partial charge on any atom is -0.311 e. The van der Waals surface area contributed by atoms with Crippen molar-refractivity contribution in [2.45, 2.75) is 0 Å². The predicted octanol–water partition coefficient (Wildman–Crippen LogP) is 3.23. The van der Waals surface area contributed by atoms with Crippen LogP contribution in [0.15, 0.2) is 47.1 Å². The summed E-state index contributed by atoms with van der Waals surface area (Å²) in [5, 5.41) is 6.93. The number of rotatable bonds is 4. The quantitative estimate of drug-likeness (QED) is 0.740. The fraction of sp³-hybridized carbons (Fsp3) is 0. The Labute approximate surface area is 129 Å². The topological polar surface area (TPSA) is 59.3 Å². The van der Waals surface area contributed by atoms with E-state index in [4.69, 9.17) is 0 Å². The molecule has 0 unspecified atom stereocenters. The van der Waals surface area contributed by atoms with Crippen molar-refractivity contribution in [1.82, 2.24) is 14.6 Å². The zero-order valence-corrected chi connectivity index (χ0v) is 12.5. The standard InChI is InChI=1S/C15H11BrN4O/c16-13-8-9-14-18-12(15(17-10-21)20(14)19-13)7-6-11-4-2-1-3-5-11/h1-10H,(H,17,21). The number of halogens is 1. The molecule has 1 aromatic carbocycles. The normalized spacial score (nSPS) is 11.1. The Morgan fingerprint density at radius 2 is 1.90 bits per heavy atom. The van der Waals surface area contributed by atoms with E-state index in [9.17, 15) is 4.79 Å². The molecule has 1 N–H and O–H groups in total. The largest absolute Gasteiger partial charge is 0.311 e. The van der Waals surface area contributed by atoms with Gasteiger partial charge in [0.15, 0.2) is 11.5 Å². The van der Waals surface area contributed by atoms with Crippen LogP contribution in [-0.2, 0) is 4.79 Å². The van der Waals surface area contributed by atoms with Crippen LogP contribution in [-0.4, -0.2) is 21.0 Å². The summed E-state index contributed by atoms with van der Waals surface area (Å²) in [6.07, 6.45) is 4.41. The molecule has 0 saturated carbocycles. The summed E-state index contributed by atoms with van der Waals surface area (Å²) in [6, 6.07) is 13.5. The fourth-order valence-electron chi connectivity index (χ4n) is 1.97. The number of anilines is 1. The van der Waals surface area contributed by atoms with Gasteiger partial charge in [0.25, 0.3) is 0 Å². The molecule has 1 amide bonds. The Kier molecular flexibility index (Phi) is 3.79. The Bertz CT molecular complexity index is 811. The summed E-state index contributed by atoms with van der Waals surface area (Å²) < 4.78 is 2.25. The van der Waals surface area contributed by atoms with Crippen LogP contribution in [0.1, 0.15) is 11.3 Å². The number of amides is 1. The zero-order chi connectivity index (χ0) is 14.7. The average Bonchev–Trinajstić information content (AvgIpc) is 2.84. The summed E-state index contributed by atoms with van der Waals surface area (Å²) in [4.78, 5) is 15.3. The molecule has 21 heavy (non-hydrogen) atoms. The van der Waals surface area contributed by atoms with Gasteiger partial charge in [0.05, 0.1) is 0 Å². The molecule has 0 radical (unpaired) electrons. The molecule has 0 aliphatic heterocycles. The summed E-state index contributed by atoms with van der Waals surface area (Å²) in [7, 11) is 0. The Morgan fingerprint density at radius 1 is 1.10 bits per heavy atom. The average molecular weight is 343 g/mol. The number of benzene rings is 1. The van der Waals surface area contributed by atoms with Gasteiger partial charge in [0.1, 0.15) is 10.3 Å². The number of carbonyl (C=O) groups is 1. The van der Waals surface area contributed by atoms with Crippen molar-refractivity contribution in [2.75, 3.05) is 5.32 Å². The van der Waals surface area contributed by atoms with Crippen LogP contribution in [0.4, 0.5) is 5.82 Å². The molecule has 0 aliphatic rings. The molecule has 6 heteroatoms. The molecular weight excluding hydrogens is 332 g/mol. The summed E-state index contributed by atoms with van der Waals surface area (Å²) >= 11 is 3.31. The number of nitrogens with one attached hydrogen (secondary N) is 1. The molecule has 0 aliphatic carbocycles. The van der Waals surface area contributed by atoms with Crippen LogP contribution >= 0.6 is 15.9 Å². The lowest BCUT2D eigenvalue weighted by Crippen LogP contribution is -2.02. The van der Waals surface area contributed by atoms with Crippen LogP contribution in [0.5, 0.6) is 0 Å². The van der Waals surface area contributed by atoms with Crippen molar-refractivity contribution in [2.24, 2.45) is 0 Å². The van der Waals surface area contributed by atoms with Gasteiger partial charge < -0.3 is 5.32 Å². The first-order chi connectivity index (χ1) is 10.3. The van der Waals surface area contributed by atoms with Crippen molar-refractivity contribution in [3.8, 4) is 0 Å². The Morgan fingerprint density at radius 3 is 2.67 bits per heavy atom. The van der Waals surface area contributed by atoms with E-state index in [0.717, 1.165) is 5.56 Å². The highest BCUT2D eigenvalue weighted by atomic mass is 79.9. The van der Waals surface area contributed by atoms with Crippen molar-refractivity contribution in [3.63, 3.8) is 0 Å². The van der Waals surface area contributed by atoms with E-state index >= 15 is 0 Å². The van der Waals surface area contributed by atoms with Gasteiger partial charge >= 0.3 is 0 Å². The van der Waals surface area contributed by atoms with E-state index in [-0.39, 0.29) is 0 Å². The van der Waals surface area contributed by atoms with Gasteiger partial charge in [-0.3, -0.25) is 4.79 Å². The van der Waals surface area contributed by atoms with Gasteiger partial charge in [-0.25, -0.2) is 4.98 Å². The molecule has 2 heterocycles. The lowest BCUT2D eigenvalue weighted by atomic mass is 10.2. The Hall–Kier alpha value is -2.47. The molecule has 3 rings (SSSR count). The van der Waals surface area contributed by atoms with Gasteiger partial charge in [-0.1, -0.05) is 36.4 Å². The van der Waals surface area contributed by atoms with Crippen LogP contribution in [0.2, 0.25) is 0 Å². The van der Waals surface area contributed by atoms with Gasteiger partial charge in [-0.15, -0.1) is 0 Å². The van der Waals surface area contributed by atoms with Gasteiger partial charge in [-0.2, -0.15) is 9.61 Å². The summed E-state index contributed by atoms with van der Waals surface area (Å²) in [5.41, 5.74) is 2.37. The van der Waals surface area contributed by atoms with E-state index in [1.165, 1.54) is 0 Å². The van der Waals surface area contributed by atoms with E-state index in [1.54, 1.807) is 10.6 Å². The lowest BCUT2D eigenvalue weighted by molar-refractivity contribution is -0.105. The van der Waals surface area contributed by atoms with Crippen molar-refractivity contribution in [1.29, 1.82) is 0 Å². The number of imidazole rings is 1. The first-order valence-corrected chi connectivity index (χ1v) is 7.06. The molecule has 3 aromatic rings. The van der Waals surface area contributed by atoms with Crippen LogP contribution in [0.3, 0.4) is 0 Å². The maximum absolute atomic E-state index is 10.8. The van der Waals surface area contributed by atoms with E-state index in [0.29, 0.717) is 28.2 Å². The van der Waals surface area contributed by atoms with Crippen molar-refractivity contribution >= 4 is 46.0 Å². The van der Waals surface area contributed by atoms with Crippen LogP contribution in [0, 0.1) is 0 Å². The number of aromatic nitrogens is 3. The second-order valence-electron chi connectivity index (χ2n) is 4.28. The number of hydrogen-bond acceptors (Lipinski definition) is 3. The third-order valence-corrected chi connectivity index (χ3v) is 3.32. The molecule has 0 spiro atoms. The van der Waals surface area contributed by atoms with Crippen molar-refractivity contribution in [3.05, 3.63) is 58.3 Å². The third kappa shape index (κ3) is 2.85. The molecule has 104 valence electrons. The van der Waals surface area contributed by atoms with Crippen LogP contribution in [0.25, 0.3) is 17.8 Å².